The number of carbonyl (C=O) groups is 3. The normalized spacial score (nSPS) is 21.9. The predicted molar refractivity (Wildman–Crippen MR) is 161 cm³/mol. The zero-order valence-electron chi connectivity index (χ0n) is 25.3. The Morgan fingerprint density at radius 2 is 1.61 bits per heavy atom. The summed E-state index contributed by atoms with van der Waals surface area (Å²) in [6, 6.07) is 13.7. The maximum atomic E-state index is 13.4. The molecule has 1 heterocycles. The van der Waals surface area contributed by atoms with E-state index < -0.39 is 60.7 Å². The average molecular weight is 614 g/mol. The van der Waals surface area contributed by atoms with Crippen LogP contribution in [0.2, 0.25) is 0 Å². The van der Waals surface area contributed by atoms with Gasteiger partial charge in [-0.25, -0.2) is 9.59 Å². The molecule has 1 fully saturated rings. The number of unbranched alkanes of at least 4 members (excludes halogenated alkanes) is 1. The van der Waals surface area contributed by atoms with Crippen LogP contribution in [0.4, 0.5) is 9.59 Å². The molecule has 44 heavy (non-hydrogen) atoms. The highest BCUT2D eigenvalue weighted by molar-refractivity contribution is 5.86. The summed E-state index contributed by atoms with van der Waals surface area (Å²) in [5.74, 6) is -0.806. The van der Waals surface area contributed by atoms with Crippen LogP contribution < -0.4 is 16.0 Å². The number of hydrogen-bond acceptors (Lipinski definition) is 9. The van der Waals surface area contributed by atoms with Gasteiger partial charge in [-0.3, -0.25) is 4.79 Å². The molecular formula is C32H43N3O9. The highest BCUT2D eigenvalue weighted by Crippen LogP contribution is 2.44. The molecular weight excluding hydrogens is 570 g/mol. The van der Waals surface area contributed by atoms with Crippen LogP contribution in [0.15, 0.2) is 48.5 Å². The van der Waals surface area contributed by atoms with Crippen molar-refractivity contribution in [1.82, 2.24) is 16.0 Å². The first-order chi connectivity index (χ1) is 21.0. The first kappa shape index (κ1) is 33.2. The van der Waals surface area contributed by atoms with Crippen LogP contribution in [0.1, 0.15) is 57.1 Å². The van der Waals surface area contributed by atoms with Gasteiger partial charge in [0.2, 0.25) is 5.91 Å². The molecule has 2 aliphatic rings. The van der Waals surface area contributed by atoms with Crippen molar-refractivity contribution in [1.29, 1.82) is 0 Å². The van der Waals surface area contributed by atoms with Crippen molar-refractivity contribution < 1.29 is 43.9 Å². The average Bonchev–Trinajstić information content (AvgIpc) is 3.30. The molecule has 0 saturated carbocycles. The molecule has 0 radical (unpaired) electrons. The molecule has 12 nitrogen and oxygen atoms in total. The lowest BCUT2D eigenvalue weighted by molar-refractivity contribution is -0.157. The van der Waals surface area contributed by atoms with E-state index in [1.54, 1.807) is 20.8 Å². The van der Waals surface area contributed by atoms with Crippen molar-refractivity contribution in [2.24, 2.45) is 0 Å². The van der Waals surface area contributed by atoms with Crippen molar-refractivity contribution in [2.45, 2.75) is 81.9 Å². The first-order valence-electron chi connectivity index (χ1n) is 15.0. The highest BCUT2D eigenvalue weighted by Gasteiger charge is 2.40. The number of aliphatic hydroxyl groups excluding tert-OH is 3. The van der Waals surface area contributed by atoms with Gasteiger partial charge in [0, 0.05) is 12.5 Å². The van der Waals surface area contributed by atoms with Gasteiger partial charge in [-0.15, -0.1) is 0 Å². The van der Waals surface area contributed by atoms with E-state index in [2.05, 4.69) is 16.0 Å². The van der Waals surface area contributed by atoms with Crippen molar-refractivity contribution >= 4 is 18.1 Å². The van der Waals surface area contributed by atoms with Gasteiger partial charge < -0.3 is 45.5 Å². The lowest BCUT2D eigenvalue weighted by Gasteiger charge is -2.38. The van der Waals surface area contributed by atoms with Gasteiger partial charge in [0.15, 0.2) is 0 Å². The van der Waals surface area contributed by atoms with Crippen molar-refractivity contribution in [3.8, 4) is 11.1 Å². The van der Waals surface area contributed by atoms with Gasteiger partial charge in [0.25, 0.3) is 0 Å². The van der Waals surface area contributed by atoms with Crippen LogP contribution in [0.3, 0.4) is 0 Å². The maximum Gasteiger partial charge on any atom is 0.407 e. The zero-order valence-corrected chi connectivity index (χ0v) is 25.3. The summed E-state index contributed by atoms with van der Waals surface area (Å²) < 4.78 is 16.2. The molecule has 12 heteroatoms. The Balaban J connectivity index is 1.38. The summed E-state index contributed by atoms with van der Waals surface area (Å²) in [4.78, 5) is 38.3. The van der Waals surface area contributed by atoms with E-state index in [-0.39, 0.29) is 25.6 Å². The van der Waals surface area contributed by atoms with Crippen LogP contribution >= 0.6 is 0 Å². The molecule has 0 bridgehead atoms. The number of hydrogen-bond donors (Lipinski definition) is 6. The quantitative estimate of drug-likeness (QED) is 0.208. The lowest BCUT2D eigenvalue weighted by Crippen LogP contribution is -2.63. The second kappa shape index (κ2) is 14.8. The minimum atomic E-state index is -1.38. The van der Waals surface area contributed by atoms with E-state index in [1.165, 1.54) is 0 Å². The summed E-state index contributed by atoms with van der Waals surface area (Å²) in [7, 11) is 0. The topological polar surface area (TPSA) is 176 Å². The molecule has 6 N–H and O–H groups in total. The van der Waals surface area contributed by atoms with E-state index in [1.807, 2.05) is 48.5 Å². The minimum Gasteiger partial charge on any atom is -0.449 e. The van der Waals surface area contributed by atoms with Crippen molar-refractivity contribution in [3.63, 3.8) is 0 Å². The second-order valence-electron chi connectivity index (χ2n) is 12.1. The Hall–Kier alpha value is -3.71. The number of fused-ring (bicyclic) bond motifs is 3. The van der Waals surface area contributed by atoms with Crippen LogP contribution in [0.25, 0.3) is 11.1 Å². The van der Waals surface area contributed by atoms with Gasteiger partial charge in [-0.1, -0.05) is 48.5 Å². The molecule has 0 unspecified atom stereocenters. The Labute approximate surface area is 257 Å². The highest BCUT2D eigenvalue weighted by atomic mass is 16.6. The Bertz CT molecular complexity index is 1250. The summed E-state index contributed by atoms with van der Waals surface area (Å²) in [5.41, 5.74) is 3.64. The molecule has 240 valence electrons. The van der Waals surface area contributed by atoms with E-state index in [0.717, 1.165) is 22.3 Å². The number of amides is 3. The maximum absolute atomic E-state index is 13.4. The van der Waals surface area contributed by atoms with Gasteiger partial charge in [0.1, 0.15) is 36.6 Å². The third kappa shape index (κ3) is 8.47. The number of benzene rings is 2. The molecule has 0 spiro atoms. The molecule has 5 atom stereocenters. The van der Waals surface area contributed by atoms with Crippen LogP contribution in [0, 0.1) is 0 Å². The van der Waals surface area contributed by atoms with Crippen molar-refractivity contribution in [2.75, 3.05) is 26.4 Å². The number of aliphatic hydroxyl groups is 3. The summed E-state index contributed by atoms with van der Waals surface area (Å²) in [5, 5.41) is 38.1. The molecule has 1 saturated heterocycles. The van der Waals surface area contributed by atoms with Gasteiger partial charge in [0.05, 0.1) is 19.3 Å². The molecule has 3 amide bonds. The van der Waals surface area contributed by atoms with E-state index in [0.29, 0.717) is 19.4 Å². The lowest BCUT2D eigenvalue weighted by atomic mass is 9.96. The van der Waals surface area contributed by atoms with E-state index >= 15 is 0 Å². The summed E-state index contributed by atoms with van der Waals surface area (Å²) in [6.45, 7) is 4.96. The number of ether oxygens (including phenoxy) is 3. The number of nitrogens with one attached hydrogen (secondary N) is 3. The molecule has 1 aliphatic heterocycles. The van der Waals surface area contributed by atoms with Crippen molar-refractivity contribution in [3.05, 3.63) is 59.7 Å². The van der Waals surface area contributed by atoms with E-state index in [9.17, 15) is 29.7 Å². The Morgan fingerprint density at radius 1 is 0.977 bits per heavy atom. The number of carbonyl (C=O) groups excluding carboxylic acids is 3. The fourth-order valence-electron chi connectivity index (χ4n) is 5.52. The fraction of sp³-hybridized carbons (Fsp3) is 0.531. The predicted octanol–water partition coefficient (Wildman–Crippen LogP) is 2.19. The zero-order chi connectivity index (χ0) is 31.9. The summed E-state index contributed by atoms with van der Waals surface area (Å²) in [6.07, 6.45) is -3.81. The van der Waals surface area contributed by atoms with Gasteiger partial charge >= 0.3 is 12.2 Å². The molecule has 4 rings (SSSR count). The van der Waals surface area contributed by atoms with Gasteiger partial charge in [-0.05, 0) is 62.3 Å². The molecule has 1 aliphatic carbocycles. The first-order valence-corrected chi connectivity index (χ1v) is 15.0. The third-order valence-electron chi connectivity index (χ3n) is 7.67. The number of alkyl carbamates (subject to hydrolysis) is 2. The SMILES string of the molecule is CC(C)(C)OC(=O)NCCCC[C@@H](NC(=O)OCC1c2ccccc2-c2ccccc21)C(=O)N[C@@H]1[C@@H](O)[C@H](O)CO[C@H]1CO. The smallest absolute Gasteiger partial charge is 0.407 e. The summed E-state index contributed by atoms with van der Waals surface area (Å²) >= 11 is 0. The molecule has 0 aromatic heterocycles. The Morgan fingerprint density at radius 3 is 2.23 bits per heavy atom. The third-order valence-corrected chi connectivity index (χ3v) is 7.67. The van der Waals surface area contributed by atoms with Gasteiger partial charge in [-0.2, -0.15) is 0 Å². The Kier molecular flexibility index (Phi) is 11.2. The van der Waals surface area contributed by atoms with E-state index in [4.69, 9.17) is 14.2 Å². The fourth-order valence-corrected chi connectivity index (χ4v) is 5.52. The monoisotopic (exact) mass is 613 g/mol. The largest absolute Gasteiger partial charge is 0.449 e. The number of rotatable bonds is 11. The van der Waals surface area contributed by atoms with Crippen LogP contribution in [-0.2, 0) is 19.0 Å². The standard InChI is InChI=1S/C32H43N3O9/c1-32(2,3)44-30(40)33-15-9-8-14-24(29(39)35-27-26(16-36)42-18-25(37)28(27)38)34-31(41)43-17-23-21-12-6-4-10-19(21)20-11-5-7-13-22(20)23/h4-7,10-13,23-28,36-38H,8-9,14-18H2,1-3H3,(H,33,40)(H,34,41)(H,35,39)/t24-,25-,26+,27+,28+/m1/s1. The molecule has 2 aromatic carbocycles. The van der Waals surface area contributed by atoms with Crippen LogP contribution in [-0.4, -0.2) is 95.8 Å². The molecule has 2 aromatic rings. The minimum absolute atomic E-state index is 0.0575. The second-order valence-corrected chi connectivity index (χ2v) is 12.1. The van der Waals surface area contributed by atoms with Crippen LogP contribution in [0.5, 0.6) is 0 Å².